The Morgan fingerprint density at radius 3 is 2.88 bits per heavy atom. The molecule has 2 aromatic heterocycles. The molecule has 90 valence electrons. The fraction of sp³-hybridized carbons (Fsp3) is 0.400. The summed E-state index contributed by atoms with van der Waals surface area (Å²) in [5, 5.41) is 7.82. The van der Waals surface area contributed by atoms with Crippen molar-refractivity contribution in [3.63, 3.8) is 0 Å². The third-order valence-corrected chi connectivity index (χ3v) is 2.71. The van der Waals surface area contributed by atoms with Gasteiger partial charge in [0.05, 0.1) is 6.20 Å². The number of hydrogen-bond donors (Lipinski definition) is 0. The molecule has 0 fully saturated rings. The van der Waals surface area contributed by atoms with Crippen molar-refractivity contribution in [3.8, 4) is 0 Å². The van der Waals surface area contributed by atoms with Crippen LogP contribution in [0.3, 0.4) is 0 Å². The molecule has 0 aromatic carbocycles. The van der Waals surface area contributed by atoms with Crippen molar-refractivity contribution in [1.29, 1.82) is 0 Å². The van der Waals surface area contributed by atoms with E-state index in [4.69, 9.17) is 4.52 Å². The minimum atomic E-state index is -0.179. The first-order valence-electron chi connectivity index (χ1n) is 5.11. The molecule has 0 saturated carbocycles. The molecule has 0 amide bonds. The zero-order valence-electron chi connectivity index (χ0n) is 9.42. The summed E-state index contributed by atoms with van der Waals surface area (Å²) < 4.78 is 7.15. The van der Waals surface area contributed by atoms with E-state index in [9.17, 15) is 4.79 Å². The van der Waals surface area contributed by atoms with E-state index in [2.05, 4.69) is 15.2 Å². The molecule has 0 spiro atoms. The first kappa shape index (κ1) is 12.2. The molecule has 6 nitrogen and oxygen atoms in total. The highest BCUT2D eigenvalue weighted by molar-refractivity contribution is 14.1. The number of halogens is 1. The Morgan fingerprint density at radius 2 is 2.29 bits per heavy atom. The van der Waals surface area contributed by atoms with Crippen LogP contribution < -0.4 is 5.56 Å². The Bertz CT molecular complexity index is 576. The van der Waals surface area contributed by atoms with E-state index in [1.165, 1.54) is 10.7 Å². The molecule has 0 bridgehead atoms. The lowest BCUT2D eigenvalue weighted by Gasteiger charge is -1.99. The first-order chi connectivity index (χ1) is 8.06. The van der Waals surface area contributed by atoms with E-state index >= 15 is 0 Å². The van der Waals surface area contributed by atoms with Crippen LogP contribution in [0.2, 0.25) is 0 Å². The lowest BCUT2D eigenvalue weighted by molar-refractivity contribution is 0.357. The zero-order chi connectivity index (χ0) is 12.4. The standard InChI is InChI=1S/C10H11IN4O2/c1-6(2)10-13-8(17-14-10)5-15-9(16)3-7(11)4-12-15/h3-4,6H,5H2,1-2H3. The van der Waals surface area contributed by atoms with Gasteiger partial charge in [-0.1, -0.05) is 19.0 Å². The zero-order valence-corrected chi connectivity index (χ0v) is 11.6. The van der Waals surface area contributed by atoms with Crippen LogP contribution in [0.4, 0.5) is 0 Å². The van der Waals surface area contributed by atoms with Crippen LogP contribution in [0.1, 0.15) is 31.5 Å². The normalized spacial score (nSPS) is 11.1. The summed E-state index contributed by atoms with van der Waals surface area (Å²) >= 11 is 2.04. The molecule has 17 heavy (non-hydrogen) atoms. The highest BCUT2D eigenvalue weighted by atomic mass is 127. The summed E-state index contributed by atoms with van der Waals surface area (Å²) in [4.78, 5) is 15.8. The van der Waals surface area contributed by atoms with Gasteiger partial charge < -0.3 is 4.52 Å². The average molecular weight is 346 g/mol. The van der Waals surface area contributed by atoms with Gasteiger partial charge in [-0.2, -0.15) is 10.1 Å². The largest absolute Gasteiger partial charge is 0.337 e. The second-order valence-corrected chi connectivity index (χ2v) is 5.12. The highest BCUT2D eigenvalue weighted by Gasteiger charge is 2.11. The molecule has 0 atom stereocenters. The van der Waals surface area contributed by atoms with Gasteiger partial charge in [0.15, 0.2) is 5.82 Å². The summed E-state index contributed by atoms with van der Waals surface area (Å²) in [6, 6.07) is 1.51. The van der Waals surface area contributed by atoms with Gasteiger partial charge in [0.25, 0.3) is 5.56 Å². The van der Waals surface area contributed by atoms with Gasteiger partial charge >= 0.3 is 0 Å². The van der Waals surface area contributed by atoms with Crippen LogP contribution in [0.5, 0.6) is 0 Å². The molecular weight excluding hydrogens is 335 g/mol. The van der Waals surface area contributed by atoms with Crippen molar-refractivity contribution >= 4 is 22.6 Å². The van der Waals surface area contributed by atoms with E-state index in [1.807, 2.05) is 36.4 Å². The Labute approximate surface area is 111 Å². The minimum absolute atomic E-state index is 0.179. The maximum atomic E-state index is 11.6. The number of nitrogens with zero attached hydrogens (tertiary/aromatic N) is 4. The molecule has 0 aliphatic carbocycles. The van der Waals surface area contributed by atoms with Crippen molar-refractivity contribution in [2.45, 2.75) is 26.3 Å². The van der Waals surface area contributed by atoms with Gasteiger partial charge in [0.1, 0.15) is 6.54 Å². The second-order valence-electron chi connectivity index (χ2n) is 3.87. The topological polar surface area (TPSA) is 73.8 Å². The van der Waals surface area contributed by atoms with Gasteiger partial charge in [-0.3, -0.25) is 4.79 Å². The predicted octanol–water partition coefficient (Wildman–Crippen LogP) is 1.40. The van der Waals surface area contributed by atoms with E-state index in [0.29, 0.717) is 11.7 Å². The van der Waals surface area contributed by atoms with Crippen molar-refractivity contribution in [1.82, 2.24) is 19.9 Å². The van der Waals surface area contributed by atoms with Crippen LogP contribution in [0.15, 0.2) is 21.6 Å². The van der Waals surface area contributed by atoms with Gasteiger partial charge in [0.2, 0.25) is 5.89 Å². The third kappa shape index (κ3) is 2.90. The van der Waals surface area contributed by atoms with Crippen molar-refractivity contribution in [2.24, 2.45) is 0 Å². The van der Waals surface area contributed by atoms with Crippen LogP contribution >= 0.6 is 22.6 Å². The molecule has 2 heterocycles. The van der Waals surface area contributed by atoms with Crippen LogP contribution in [0, 0.1) is 3.57 Å². The fourth-order valence-electron chi connectivity index (χ4n) is 1.23. The maximum Gasteiger partial charge on any atom is 0.268 e. The van der Waals surface area contributed by atoms with Gasteiger partial charge in [0, 0.05) is 15.6 Å². The number of hydrogen-bond acceptors (Lipinski definition) is 5. The van der Waals surface area contributed by atoms with E-state index in [0.717, 1.165) is 3.57 Å². The number of aromatic nitrogens is 4. The fourth-order valence-corrected chi connectivity index (χ4v) is 1.62. The van der Waals surface area contributed by atoms with Gasteiger partial charge in [-0.25, -0.2) is 4.68 Å². The Morgan fingerprint density at radius 1 is 1.53 bits per heavy atom. The molecule has 0 N–H and O–H groups in total. The molecular formula is C10H11IN4O2. The van der Waals surface area contributed by atoms with Crippen LogP contribution in [0.25, 0.3) is 0 Å². The minimum Gasteiger partial charge on any atom is -0.337 e. The Kier molecular flexibility index (Phi) is 3.55. The summed E-state index contributed by atoms with van der Waals surface area (Å²) in [5.41, 5.74) is -0.179. The molecule has 0 unspecified atom stereocenters. The second kappa shape index (κ2) is 4.94. The Hall–Kier alpha value is -1.25. The average Bonchev–Trinajstić information content (AvgIpc) is 2.71. The van der Waals surface area contributed by atoms with Crippen LogP contribution in [-0.4, -0.2) is 19.9 Å². The lowest BCUT2D eigenvalue weighted by atomic mass is 10.2. The van der Waals surface area contributed by atoms with Gasteiger partial charge in [-0.05, 0) is 22.6 Å². The molecule has 0 aliphatic heterocycles. The Balaban J connectivity index is 2.22. The molecule has 2 rings (SSSR count). The lowest BCUT2D eigenvalue weighted by Crippen LogP contribution is -2.22. The third-order valence-electron chi connectivity index (χ3n) is 2.12. The van der Waals surface area contributed by atoms with Crippen molar-refractivity contribution in [2.75, 3.05) is 0 Å². The van der Waals surface area contributed by atoms with Crippen LogP contribution in [-0.2, 0) is 6.54 Å². The quantitative estimate of drug-likeness (QED) is 0.786. The smallest absolute Gasteiger partial charge is 0.268 e. The van der Waals surface area contributed by atoms with E-state index in [1.54, 1.807) is 6.20 Å². The highest BCUT2D eigenvalue weighted by Crippen LogP contribution is 2.09. The van der Waals surface area contributed by atoms with E-state index in [-0.39, 0.29) is 18.0 Å². The van der Waals surface area contributed by atoms with Crippen molar-refractivity contribution in [3.05, 3.63) is 37.9 Å². The summed E-state index contributed by atoms with van der Waals surface area (Å²) in [5.74, 6) is 1.23. The summed E-state index contributed by atoms with van der Waals surface area (Å²) in [6.45, 7) is 4.16. The molecule has 2 aromatic rings. The summed E-state index contributed by atoms with van der Waals surface area (Å²) in [7, 11) is 0. The SMILES string of the molecule is CC(C)c1noc(Cn2ncc(I)cc2=O)n1. The monoisotopic (exact) mass is 346 g/mol. The molecule has 7 heteroatoms. The van der Waals surface area contributed by atoms with Gasteiger partial charge in [-0.15, -0.1) is 0 Å². The first-order valence-corrected chi connectivity index (χ1v) is 6.19. The van der Waals surface area contributed by atoms with Crippen molar-refractivity contribution < 1.29 is 4.52 Å². The number of rotatable bonds is 3. The molecule has 0 radical (unpaired) electrons. The maximum absolute atomic E-state index is 11.6. The molecule has 0 saturated heterocycles. The summed E-state index contributed by atoms with van der Waals surface area (Å²) in [6.07, 6.45) is 1.61. The molecule has 0 aliphatic rings. The van der Waals surface area contributed by atoms with E-state index < -0.39 is 0 Å². The predicted molar refractivity (Wildman–Crippen MR) is 68.7 cm³/mol.